The van der Waals surface area contributed by atoms with Gasteiger partial charge in [0.25, 0.3) is 0 Å². The Labute approximate surface area is 136 Å². The van der Waals surface area contributed by atoms with Crippen LogP contribution in [0.15, 0.2) is 36.4 Å². The number of imidazole rings is 1. The van der Waals surface area contributed by atoms with Crippen LogP contribution in [0.4, 0.5) is 11.6 Å². The van der Waals surface area contributed by atoms with Crippen molar-refractivity contribution in [3.63, 3.8) is 0 Å². The summed E-state index contributed by atoms with van der Waals surface area (Å²) in [6.45, 7) is 0.542. The van der Waals surface area contributed by atoms with Crippen molar-refractivity contribution < 1.29 is 14.3 Å². The molecule has 0 aliphatic carbocycles. The number of pyridine rings is 1. The molecule has 1 aliphatic rings. The Balaban J connectivity index is 1.62. The van der Waals surface area contributed by atoms with E-state index >= 15 is 0 Å². The molecule has 0 radical (unpaired) electrons. The lowest BCUT2D eigenvalue weighted by atomic mass is 10.3. The first-order valence-corrected chi connectivity index (χ1v) is 7.38. The first-order chi connectivity index (χ1) is 11.7. The highest BCUT2D eigenvalue weighted by Gasteiger charge is 2.20. The third kappa shape index (κ3) is 2.54. The SMILES string of the molecule is O=CNc1ccc(Oc2ccc3nc4n(c3n2)CCC(=O)N4)cc1. The number of fused-ring (bicyclic) bond motifs is 3. The molecule has 1 aliphatic heterocycles. The van der Waals surface area contributed by atoms with Gasteiger partial charge in [0.1, 0.15) is 11.3 Å². The van der Waals surface area contributed by atoms with E-state index in [1.807, 2.05) is 4.57 Å². The van der Waals surface area contributed by atoms with Crippen molar-refractivity contribution in [2.24, 2.45) is 0 Å². The van der Waals surface area contributed by atoms with Crippen LogP contribution in [0.5, 0.6) is 11.6 Å². The van der Waals surface area contributed by atoms with Gasteiger partial charge in [-0.25, -0.2) is 4.98 Å². The molecular formula is C16H13N5O3. The minimum Gasteiger partial charge on any atom is -0.439 e. The van der Waals surface area contributed by atoms with E-state index in [-0.39, 0.29) is 5.91 Å². The number of hydrogen-bond acceptors (Lipinski definition) is 5. The largest absolute Gasteiger partial charge is 0.439 e. The monoisotopic (exact) mass is 323 g/mol. The minimum atomic E-state index is -0.0432. The molecule has 8 heteroatoms. The standard InChI is InChI=1S/C16H13N5O3/c22-9-17-10-1-3-11(4-2-10)24-14-6-5-12-15(20-14)21-8-7-13(23)19-16(21)18-12/h1-6,9H,7-8H2,(H,17,22)(H,18,19,23). The average Bonchev–Trinajstić information content (AvgIpc) is 2.94. The molecule has 4 rings (SSSR count). The van der Waals surface area contributed by atoms with Crippen molar-refractivity contribution in [1.82, 2.24) is 14.5 Å². The van der Waals surface area contributed by atoms with Crippen LogP contribution in [0.3, 0.4) is 0 Å². The number of carbonyl (C=O) groups is 2. The van der Waals surface area contributed by atoms with Gasteiger partial charge in [-0.3, -0.25) is 19.5 Å². The van der Waals surface area contributed by atoms with Crippen LogP contribution in [-0.4, -0.2) is 26.9 Å². The molecule has 3 heterocycles. The van der Waals surface area contributed by atoms with Gasteiger partial charge < -0.3 is 10.1 Å². The summed E-state index contributed by atoms with van der Waals surface area (Å²) in [4.78, 5) is 30.7. The number of benzene rings is 1. The van der Waals surface area contributed by atoms with E-state index in [9.17, 15) is 9.59 Å². The van der Waals surface area contributed by atoms with Gasteiger partial charge in [0.15, 0.2) is 5.65 Å². The fraction of sp³-hybridized carbons (Fsp3) is 0.125. The van der Waals surface area contributed by atoms with Gasteiger partial charge in [-0.2, -0.15) is 4.98 Å². The van der Waals surface area contributed by atoms with Crippen LogP contribution in [0.25, 0.3) is 11.2 Å². The number of nitrogens with one attached hydrogen (secondary N) is 2. The number of aromatic nitrogens is 3. The predicted molar refractivity (Wildman–Crippen MR) is 87.0 cm³/mol. The van der Waals surface area contributed by atoms with Crippen molar-refractivity contribution >= 4 is 35.1 Å². The summed E-state index contributed by atoms with van der Waals surface area (Å²) in [6, 6.07) is 10.5. The zero-order chi connectivity index (χ0) is 16.5. The summed E-state index contributed by atoms with van der Waals surface area (Å²) in [6.07, 6.45) is 1.02. The Hall–Kier alpha value is -3.42. The molecule has 3 aromatic rings. The molecule has 2 amide bonds. The van der Waals surface area contributed by atoms with Crippen LogP contribution < -0.4 is 15.4 Å². The molecule has 24 heavy (non-hydrogen) atoms. The number of rotatable bonds is 4. The zero-order valence-electron chi connectivity index (χ0n) is 12.5. The lowest BCUT2D eigenvalue weighted by Crippen LogP contribution is -2.23. The van der Waals surface area contributed by atoms with Crippen LogP contribution in [0, 0.1) is 0 Å². The Morgan fingerprint density at radius 2 is 2.00 bits per heavy atom. The maximum atomic E-state index is 11.4. The van der Waals surface area contributed by atoms with E-state index < -0.39 is 0 Å². The van der Waals surface area contributed by atoms with E-state index in [1.165, 1.54) is 0 Å². The normalized spacial score (nSPS) is 13.2. The first kappa shape index (κ1) is 14.2. The molecule has 0 fully saturated rings. The smallest absolute Gasteiger partial charge is 0.228 e. The van der Waals surface area contributed by atoms with E-state index in [0.29, 0.717) is 53.8 Å². The molecule has 2 aromatic heterocycles. The summed E-state index contributed by atoms with van der Waals surface area (Å²) in [5, 5.41) is 5.29. The number of ether oxygens (including phenoxy) is 1. The third-order valence-electron chi connectivity index (χ3n) is 3.68. The lowest BCUT2D eigenvalue weighted by Gasteiger charge is -2.14. The van der Waals surface area contributed by atoms with Crippen LogP contribution in [0.2, 0.25) is 0 Å². The van der Waals surface area contributed by atoms with E-state index in [1.54, 1.807) is 36.4 Å². The third-order valence-corrected chi connectivity index (χ3v) is 3.68. The molecule has 0 atom stereocenters. The number of aryl methyl sites for hydroxylation is 1. The Morgan fingerprint density at radius 3 is 2.79 bits per heavy atom. The van der Waals surface area contributed by atoms with Crippen LogP contribution in [-0.2, 0) is 16.1 Å². The summed E-state index contributed by atoms with van der Waals surface area (Å²) in [5.41, 5.74) is 2.05. The van der Waals surface area contributed by atoms with Gasteiger partial charge in [0.05, 0.1) is 0 Å². The Bertz CT molecular complexity index is 933. The van der Waals surface area contributed by atoms with Gasteiger partial charge >= 0.3 is 0 Å². The summed E-state index contributed by atoms with van der Waals surface area (Å²) >= 11 is 0. The number of amides is 2. The topological polar surface area (TPSA) is 98.1 Å². The van der Waals surface area contributed by atoms with E-state index in [4.69, 9.17) is 4.74 Å². The fourth-order valence-electron chi connectivity index (χ4n) is 2.56. The molecule has 8 nitrogen and oxygen atoms in total. The average molecular weight is 323 g/mol. The molecule has 1 aromatic carbocycles. The zero-order valence-corrected chi connectivity index (χ0v) is 12.5. The predicted octanol–water partition coefficient (Wildman–Crippen LogP) is 2.13. The molecule has 0 unspecified atom stereocenters. The van der Waals surface area contributed by atoms with Gasteiger partial charge in [-0.1, -0.05) is 0 Å². The highest BCUT2D eigenvalue weighted by atomic mass is 16.5. The number of anilines is 2. The summed E-state index contributed by atoms with van der Waals surface area (Å²) < 4.78 is 7.61. The van der Waals surface area contributed by atoms with Gasteiger partial charge in [-0.05, 0) is 30.3 Å². The van der Waals surface area contributed by atoms with Gasteiger partial charge in [-0.15, -0.1) is 0 Å². The molecular weight excluding hydrogens is 310 g/mol. The summed E-state index contributed by atoms with van der Waals surface area (Å²) in [7, 11) is 0. The first-order valence-electron chi connectivity index (χ1n) is 7.38. The van der Waals surface area contributed by atoms with Crippen molar-refractivity contribution in [3.05, 3.63) is 36.4 Å². The molecule has 0 bridgehead atoms. The second-order valence-electron chi connectivity index (χ2n) is 5.27. The van der Waals surface area contributed by atoms with Crippen molar-refractivity contribution in [2.45, 2.75) is 13.0 Å². The molecule has 120 valence electrons. The van der Waals surface area contributed by atoms with Crippen molar-refractivity contribution in [3.8, 4) is 11.6 Å². The Kier molecular flexibility index (Phi) is 3.34. The second kappa shape index (κ2) is 5.65. The fourth-order valence-corrected chi connectivity index (χ4v) is 2.56. The quantitative estimate of drug-likeness (QED) is 0.717. The molecule has 0 saturated carbocycles. The number of nitrogens with zero attached hydrogens (tertiary/aromatic N) is 3. The van der Waals surface area contributed by atoms with Crippen LogP contribution >= 0.6 is 0 Å². The minimum absolute atomic E-state index is 0.0432. The number of hydrogen-bond donors (Lipinski definition) is 2. The maximum Gasteiger partial charge on any atom is 0.228 e. The highest BCUT2D eigenvalue weighted by Crippen LogP contribution is 2.26. The van der Waals surface area contributed by atoms with E-state index in [0.717, 1.165) is 0 Å². The van der Waals surface area contributed by atoms with Gasteiger partial charge in [0.2, 0.25) is 24.1 Å². The number of carbonyl (C=O) groups excluding carboxylic acids is 2. The molecule has 0 saturated heterocycles. The van der Waals surface area contributed by atoms with Crippen molar-refractivity contribution in [2.75, 3.05) is 10.6 Å². The lowest BCUT2D eigenvalue weighted by molar-refractivity contribution is -0.116. The van der Waals surface area contributed by atoms with Gasteiger partial charge in [0, 0.05) is 24.7 Å². The van der Waals surface area contributed by atoms with Crippen molar-refractivity contribution in [1.29, 1.82) is 0 Å². The second-order valence-corrected chi connectivity index (χ2v) is 5.27. The maximum absolute atomic E-state index is 11.4. The Morgan fingerprint density at radius 1 is 1.17 bits per heavy atom. The highest BCUT2D eigenvalue weighted by molar-refractivity contribution is 5.92. The van der Waals surface area contributed by atoms with E-state index in [2.05, 4.69) is 20.6 Å². The molecule has 2 N–H and O–H groups in total. The van der Waals surface area contributed by atoms with Crippen LogP contribution in [0.1, 0.15) is 6.42 Å². The molecule has 0 spiro atoms. The summed E-state index contributed by atoms with van der Waals surface area (Å²) in [5.74, 6) is 1.50.